The Kier molecular flexibility index (Phi) is 5.30. The van der Waals surface area contributed by atoms with Gasteiger partial charge in [0, 0.05) is 23.6 Å². The smallest absolute Gasteiger partial charge is 0.421 e. The van der Waals surface area contributed by atoms with E-state index in [1.807, 2.05) is 0 Å². The van der Waals surface area contributed by atoms with E-state index >= 15 is 0 Å². The second kappa shape index (κ2) is 7.67. The van der Waals surface area contributed by atoms with Gasteiger partial charge in [-0.15, -0.1) is 0 Å². The molecular weight excluding hydrogens is 376 g/mol. The Morgan fingerprint density at radius 3 is 2.39 bits per heavy atom. The highest BCUT2D eigenvalue weighted by molar-refractivity contribution is 6.04. The van der Waals surface area contributed by atoms with Gasteiger partial charge in [0.25, 0.3) is 5.91 Å². The van der Waals surface area contributed by atoms with E-state index in [9.17, 15) is 22.4 Å². The number of aryl methyl sites for hydroxylation is 1. The molecule has 0 saturated heterocycles. The predicted octanol–water partition coefficient (Wildman–Crippen LogP) is 5.59. The lowest BCUT2D eigenvalue weighted by atomic mass is 10.2. The number of rotatable bonds is 4. The molecule has 0 fully saturated rings. The van der Waals surface area contributed by atoms with Crippen LogP contribution in [0.2, 0.25) is 0 Å². The first kappa shape index (κ1) is 19.3. The molecule has 1 aromatic heterocycles. The third-order valence-corrected chi connectivity index (χ3v) is 3.77. The van der Waals surface area contributed by atoms with Crippen LogP contribution in [-0.2, 0) is 6.18 Å². The Bertz CT molecular complexity index is 1000. The molecule has 0 atom stereocenters. The van der Waals surface area contributed by atoms with Crippen molar-refractivity contribution in [1.29, 1.82) is 0 Å². The lowest BCUT2D eigenvalue weighted by Crippen LogP contribution is -2.13. The summed E-state index contributed by atoms with van der Waals surface area (Å²) < 4.78 is 58.2. The summed E-state index contributed by atoms with van der Waals surface area (Å²) in [5.41, 5.74) is -0.403. The number of halogens is 4. The molecule has 0 bridgehead atoms. The van der Waals surface area contributed by atoms with E-state index in [1.165, 1.54) is 54.6 Å². The molecule has 0 spiro atoms. The van der Waals surface area contributed by atoms with Crippen molar-refractivity contribution in [3.63, 3.8) is 0 Å². The molecule has 2 aromatic carbocycles. The van der Waals surface area contributed by atoms with E-state index in [0.717, 1.165) is 0 Å². The maximum atomic E-state index is 13.6. The Labute approximate surface area is 157 Å². The first-order chi connectivity index (χ1) is 13.2. The minimum Gasteiger partial charge on any atom is -0.457 e. The van der Waals surface area contributed by atoms with Crippen molar-refractivity contribution in [3.05, 3.63) is 83.4 Å². The number of anilines is 1. The highest BCUT2D eigenvalue weighted by Gasteiger charge is 2.35. The highest BCUT2D eigenvalue weighted by atomic mass is 19.4. The molecule has 0 aliphatic rings. The summed E-state index contributed by atoms with van der Waals surface area (Å²) in [5, 5.41) is 2.51. The van der Waals surface area contributed by atoms with Gasteiger partial charge >= 0.3 is 6.18 Å². The Hall–Kier alpha value is -3.42. The molecule has 3 aromatic rings. The van der Waals surface area contributed by atoms with Crippen molar-refractivity contribution in [2.24, 2.45) is 0 Å². The molecule has 4 nitrogen and oxygen atoms in total. The average molecular weight is 390 g/mol. The van der Waals surface area contributed by atoms with Crippen LogP contribution >= 0.6 is 0 Å². The SMILES string of the molecule is Cc1cc(Oc2ccc(NC(=O)c3ccccc3F)cc2)c(C(F)(F)F)cn1. The topological polar surface area (TPSA) is 51.2 Å². The Morgan fingerprint density at radius 1 is 1.07 bits per heavy atom. The number of amides is 1. The minimum absolute atomic E-state index is 0.120. The van der Waals surface area contributed by atoms with Crippen LogP contribution in [0.5, 0.6) is 11.5 Å². The van der Waals surface area contributed by atoms with Gasteiger partial charge in [0.2, 0.25) is 0 Å². The van der Waals surface area contributed by atoms with Crippen LogP contribution in [0.25, 0.3) is 0 Å². The fraction of sp³-hybridized carbons (Fsp3) is 0.100. The fourth-order valence-corrected chi connectivity index (χ4v) is 2.41. The summed E-state index contributed by atoms with van der Waals surface area (Å²) in [7, 11) is 0. The maximum absolute atomic E-state index is 13.6. The van der Waals surface area contributed by atoms with Crippen molar-refractivity contribution >= 4 is 11.6 Å². The molecule has 144 valence electrons. The summed E-state index contributed by atoms with van der Waals surface area (Å²) in [6.07, 6.45) is -3.89. The molecule has 1 amide bonds. The molecular formula is C20H14F4N2O2. The monoisotopic (exact) mass is 390 g/mol. The van der Waals surface area contributed by atoms with Crippen LogP contribution in [0.1, 0.15) is 21.6 Å². The molecule has 0 unspecified atom stereocenters. The van der Waals surface area contributed by atoms with Crippen molar-refractivity contribution in [2.45, 2.75) is 13.1 Å². The van der Waals surface area contributed by atoms with E-state index < -0.39 is 23.5 Å². The average Bonchev–Trinajstić information content (AvgIpc) is 2.62. The summed E-state index contributed by atoms with van der Waals surface area (Å²) in [6, 6.07) is 12.4. The number of carbonyl (C=O) groups is 1. The third kappa shape index (κ3) is 4.46. The lowest BCUT2D eigenvalue weighted by molar-refractivity contribution is -0.138. The van der Waals surface area contributed by atoms with Crippen LogP contribution < -0.4 is 10.1 Å². The van der Waals surface area contributed by atoms with Crippen molar-refractivity contribution in [2.75, 3.05) is 5.32 Å². The first-order valence-corrected chi connectivity index (χ1v) is 8.11. The maximum Gasteiger partial charge on any atom is 0.421 e. The Morgan fingerprint density at radius 2 is 1.75 bits per heavy atom. The predicted molar refractivity (Wildman–Crippen MR) is 94.8 cm³/mol. The number of aromatic nitrogens is 1. The van der Waals surface area contributed by atoms with Gasteiger partial charge < -0.3 is 10.1 Å². The van der Waals surface area contributed by atoms with Crippen LogP contribution in [0.15, 0.2) is 60.8 Å². The van der Waals surface area contributed by atoms with E-state index in [1.54, 1.807) is 6.92 Å². The fourth-order valence-electron chi connectivity index (χ4n) is 2.41. The summed E-state index contributed by atoms with van der Waals surface area (Å²) in [6.45, 7) is 1.55. The van der Waals surface area contributed by atoms with Gasteiger partial charge in [0.05, 0.1) is 5.56 Å². The van der Waals surface area contributed by atoms with Gasteiger partial charge in [-0.05, 0) is 43.3 Å². The standard InChI is InChI=1S/C20H14F4N2O2/c1-12-10-18(16(11-25-12)20(22,23)24)28-14-8-6-13(7-9-14)26-19(27)15-4-2-3-5-17(15)21/h2-11H,1H3,(H,26,27). The number of hydrogen-bond donors (Lipinski definition) is 1. The number of ether oxygens (including phenoxy) is 1. The van der Waals surface area contributed by atoms with Crippen molar-refractivity contribution < 1.29 is 27.1 Å². The van der Waals surface area contributed by atoms with E-state index in [4.69, 9.17) is 4.74 Å². The normalized spacial score (nSPS) is 11.2. The zero-order chi connectivity index (χ0) is 20.3. The van der Waals surface area contributed by atoms with E-state index in [2.05, 4.69) is 10.3 Å². The second-order valence-electron chi connectivity index (χ2n) is 5.88. The van der Waals surface area contributed by atoms with E-state index in [-0.39, 0.29) is 17.1 Å². The molecule has 1 heterocycles. The molecule has 0 radical (unpaired) electrons. The minimum atomic E-state index is -4.61. The molecule has 8 heteroatoms. The quantitative estimate of drug-likeness (QED) is 0.591. The van der Waals surface area contributed by atoms with Gasteiger partial charge in [0.1, 0.15) is 22.9 Å². The van der Waals surface area contributed by atoms with Crippen molar-refractivity contribution in [1.82, 2.24) is 4.98 Å². The largest absolute Gasteiger partial charge is 0.457 e. The third-order valence-electron chi connectivity index (χ3n) is 3.77. The molecule has 0 aliphatic heterocycles. The number of hydrogen-bond acceptors (Lipinski definition) is 3. The van der Waals surface area contributed by atoms with Gasteiger partial charge in [-0.1, -0.05) is 12.1 Å². The van der Waals surface area contributed by atoms with Crippen LogP contribution in [0.3, 0.4) is 0 Å². The van der Waals surface area contributed by atoms with Crippen LogP contribution in [0.4, 0.5) is 23.2 Å². The van der Waals surface area contributed by atoms with Crippen LogP contribution in [0, 0.1) is 12.7 Å². The van der Waals surface area contributed by atoms with Gasteiger partial charge in [-0.3, -0.25) is 9.78 Å². The molecule has 3 rings (SSSR count). The molecule has 1 N–H and O–H groups in total. The summed E-state index contributed by atoms with van der Waals surface area (Å²) >= 11 is 0. The number of nitrogens with zero attached hydrogens (tertiary/aromatic N) is 1. The molecule has 0 saturated carbocycles. The number of alkyl halides is 3. The number of nitrogens with one attached hydrogen (secondary N) is 1. The van der Waals surface area contributed by atoms with Gasteiger partial charge in [-0.25, -0.2) is 4.39 Å². The molecule has 0 aliphatic carbocycles. The lowest BCUT2D eigenvalue weighted by Gasteiger charge is -2.14. The second-order valence-corrected chi connectivity index (χ2v) is 5.88. The summed E-state index contributed by atoms with van der Waals surface area (Å²) in [4.78, 5) is 15.7. The number of pyridine rings is 1. The van der Waals surface area contributed by atoms with Crippen LogP contribution in [-0.4, -0.2) is 10.9 Å². The Balaban J connectivity index is 1.76. The highest BCUT2D eigenvalue weighted by Crippen LogP contribution is 2.38. The van der Waals surface area contributed by atoms with Gasteiger partial charge in [-0.2, -0.15) is 13.2 Å². The molecule has 28 heavy (non-hydrogen) atoms. The van der Waals surface area contributed by atoms with E-state index in [0.29, 0.717) is 17.6 Å². The van der Waals surface area contributed by atoms with Crippen molar-refractivity contribution in [3.8, 4) is 11.5 Å². The first-order valence-electron chi connectivity index (χ1n) is 8.11. The number of carbonyl (C=O) groups excluding carboxylic acids is 1. The zero-order valence-corrected chi connectivity index (χ0v) is 14.5. The zero-order valence-electron chi connectivity index (χ0n) is 14.5. The van der Waals surface area contributed by atoms with Gasteiger partial charge in [0.15, 0.2) is 0 Å². The summed E-state index contributed by atoms with van der Waals surface area (Å²) in [5.74, 6) is -1.54. The number of benzene rings is 2.